The van der Waals surface area contributed by atoms with Crippen molar-refractivity contribution < 1.29 is 14.0 Å². The fourth-order valence-corrected chi connectivity index (χ4v) is 2.15. The second-order valence-electron chi connectivity index (χ2n) is 4.10. The molecule has 2 aromatic carbocycles. The number of hydrogen-bond acceptors (Lipinski definition) is 4. The molecule has 0 amide bonds. The molecule has 0 saturated heterocycles. The van der Waals surface area contributed by atoms with E-state index in [4.69, 9.17) is 4.52 Å². The van der Waals surface area contributed by atoms with Gasteiger partial charge in [-0.05, 0) is 24.3 Å². The summed E-state index contributed by atoms with van der Waals surface area (Å²) < 4.78 is 19.7. The van der Waals surface area contributed by atoms with Crippen LogP contribution in [0.2, 0.25) is 0 Å². The van der Waals surface area contributed by atoms with Crippen LogP contribution in [0.3, 0.4) is 0 Å². The Labute approximate surface area is 122 Å². The summed E-state index contributed by atoms with van der Waals surface area (Å²) in [4.78, 5) is 4.16. The predicted octanol–water partition coefficient (Wildman–Crippen LogP) is 4.01. The maximum absolute atomic E-state index is 13.7. The van der Waals surface area contributed by atoms with E-state index in [1.165, 1.54) is 12.1 Å². The van der Waals surface area contributed by atoms with Crippen LogP contribution in [0.4, 0.5) is 4.39 Å². The minimum absolute atomic E-state index is 0.0671. The molecule has 0 bridgehead atoms. The Bertz CT molecular complexity index is 773. The molecule has 20 heavy (non-hydrogen) atoms. The van der Waals surface area contributed by atoms with Gasteiger partial charge in [0.05, 0.1) is 5.56 Å². The number of halogens is 2. The molecule has 0 atom stereocenters. The summed E-state index contributed by atoms with van der Waals surface area (Å²) in [5.74, 6) is -0.335. The van der Waals surface area contributed by atoms with Crippen LogP contribution in [0.25, 0.3) is 22.8 Å². The van der Waals surface area contributed by atoms with Crippen molar-refractivity contribution in [2.45, 2.75) is 0 Å². The highest BCUT2D eigenvalue weighted by Crippen LogP contribution is 2.27. The molecule has 0 aliphatic heterocycles. The van der Waals surface area contributed by atoms with Gasteiger partial charge in [0.25, 0.3) is 5.89 Å². The normalized spacial score (nSPS) is 10.7. The average molecular weight is 335 g/mol. The third-order valence-corrected chi connectivity index (χ3v) is 3.19. The lowest BCUT2D eigenvalue weighted by Crippen LogP contribution is -1.85. The molecule has 1 N–H and O–H groups in total. The quantitative estimate of drug-likeness (QED) is 0.769. The molecule has 3 aromatic rings. The first-order valence-corrected chi connectivity index (χ1v) is 6.51. The van der Waals surface area contributed by atoms with Crippen LogP contribution < -0.4 is 0 Å². The Morgan fingerprint density at radius 3 is 2.75 bits per heavy atom. The number of nitrogens with zero attached hydrogens (tertiary/aromatic N) is 2. The van der Waals surface area contributed by atoms with Crippen LogP contribution in [0.5, 0.6) is 5.75 Å². The third-order valence-electron chi connectivity index (χ3n) is 2.69. The van der Waals surface area contributed by atoms with E-state index in [0.29, 0.717) is 5.82 Å². The highest BCUT2D eigenvalue weighted by Gasteiger charge is 2.14. The van der Waals surface area contributed by atoms with E-state index in [1.54, 1.807) is 0 Å². The molecule has 0 aliphatic carbocycles. The standard InChI is InChI=1S/C14H8BrFN2O2/c15-9-3-1-2-8(6-9)13-17-14(20-18-13)11-5-4-10(19)7-12(11)16/h1-7,19H. The van der Waals surface area contributed by atoms with Crippen molar-refractivity contribution in [1.29, 1.82) is 0 Å². The fraction of sp³-hybridized carbons (Fsp3) is 0. The van der Waals surface area contributed by atoms with Gasteiger partial charge in [-0.15, -0.1) is 0 Å². The van der Waals surface area contributed by atoms with Gasteiger partial charge < -0.3 is 9.63 Å². The highest BCUT2D eigenvalue weighted by atomic mass is 79.9. The average Bonchev–Trinajstić information content (AvgIpc) is 2.88. The minimum atomic E-state index is -0.616. The molecule has 6 heteroatoms. The monoisotopic (exact) mass is 334 g/mol. The van der Waals surface area contributed by atoms with Crippen LogP contribution in [0, 0.1) is 5.82 Å². The lowest BCUT2D eigenvalue weighted by Gasteiger charge is -1.97. The van der Waals surface area contributed by atoms with Gasteiger partial charge in [0.15, 0.2) is 0 Å². The Balaban J connectivity index is 2.02. The number of phenolic OH excluding ortho intramolecular Hbond substituents is 1. The third kappa shape index (κ3) is 2.42. The first-order chi connectivity index (χ1) is 9.63. The van der Waals surface area contributed by atoms with Gasteiger partial charge in [0.2, 0.25) is 5.82 Å². The van der Waals surface area contributed by atoms with E-state index < -0.39 is 5.82 Å². The summed E-state index contributed by atoms with van der Waals surface area (Å²) >= 11 is 3.36. The molecule has 0 spiro atoms. The molecule has 1 aromatic heterocycles. The number of phenols is 1. The zero-order valence-electron chi connectivity index (χ0n) is 10.0. The Kier molecular flexibility index (Phi) is 3.23. The number of benzene rings is 2. The molecule has 0 radical (unpaired) electrons. The summed E-state index contributed by atoms with van der Waals surface area (Å²) in [6.45, 7) is 0. The molecule has 0 saturated carbocycles. The van der Waals surface area contributed by atoms with Crippen LogP contribution in [0.1, 0.15) is 0 Å². The largest absolute Gasteiger partial charge is 0.508 e. The Morgan fingerprint density at radius 2 is 2.00 bits per heavy atom. The molecule has 3 rings (SSSR count). The van der Waals surface area contributed by atoms with Gasteiger partial charge >= 0.3 is 0 Å². The fourth-order valence-electron chi connectivity index (χ4n) is 1.76. The smallest absolute Gasteiger partial charge is 0.261 e. The maximum atomic E-state index is 13.7. The first-order valence-electron chi connectivity index (χ1n) is 5.72. The molecule has 4 nitrogen and oxygen atoms in total. The molecule has 100 valence electrons. The van der Waals surface area contributed by atoms with Crippen molar-refractivity contribution >= 4 is 15.9 Å². The number of aromatic nitrogens is 2. The molecule has 0 unspecified atom stereocenters. The predicted molar refractivity (Wildman–Crippen MR) is 74.5 cm³/mol. The molecule has 0 aliphatic rings. The summed E-state index contributed by atoms with van der Waals surface area (Å²) in [5.41, 5.74) is 0.908. The lowest BCUT2D eigenvalue weighted by atomic mass is 10.2. The summed E-state index contributed by atoms with van der Waals surface area (Å²) in [6, 6.07) is 11.1. The topological polar surface area (TPSA) is 59.2 Å². The zero-order valence-corrected chi connectivity index (χ0v) is 11.6. The second-order valence-corrected chi connectivity index (χ2v) is 5.01. The van der Waals surface area contributed by atoms with Gasteiger partial charge in [0, 0.05) is 16.1 Å². The second kappa shape index (κ2) is 5.05. The van der Waals surface area contributed by atoms with Crippen LogP contribution in [-0.4, -0.2) is 15.2 Å². The number of hydrogen-bond donors (Lipinski definition) is 1. The zero-order chi connectivity index (χ0) is 14.1. The summed E-state index contributed by atoms with van der Waals surface area (Å²) in [7, 11) is 0. The molecule has 1 heterocycles. The van der Waals surface area contributed by atoms with Crippen LogP contribution >= 0.6 is 15.9 Å². The number of aromatic hydroxyl groups is 1. The van der Waals surface area contributed by atoms with Gasteiger partial charge in [-0.25, -0.2) is 4.39 Å². The van der Waals surface area contributed by atoms with E-state index in [-0.39, 0.29) is 17.2 Å². The van der Waals surface area contributed by atoms with Gasteiger partial charge in [-0.3, -0.25) is 0 Å². The van der Waals surface area contributed by atoms with Gasteiger partial charge in [0.1, 0.15) is 11.6 Å². The van der Waals surface area contributed by atoms with E-state index >= 15 is 0 Å². The van der Waals surface area contributed by atoms with Crippen molar-refractivity contribution in [3.63, 3.8) is 0 Å². The summed E-state index contributed by atoms with van der Waals surface area (Å²) in [5, 5.41) is 13.0. The minimum Gasteiger partial charge on any atom is -0.508 e. The van der Waals surface area contributed by atoms with Crippen LogP contribution in [0.15, 0.2) is 51.5 Å². The molecule has 0 fully saturated rings. The number of rotatable bonds is 2. The maximum Gasteiger partial charge on any atom is 0.261 e. The van der Waals surface area contributed by atoms with E-state index in [2.05, 4.69) is 26.1 Å². The van der Waals surface area contributed by atoms with Crippen molar-refractivity contribution in [1.82, 2.24) is 10.1 Å². The van der Waals surface area contributed by atoms with E-state index in [0.717, 1.165) is 16.1 Å². The highest BCUT2D eigenvalue weighted by molar-refractivity contribution is 9.10. The Hall–Kier alpha value is -2.21. The van der Waals surface area contributed by atoms with Crippen molar-refractivity contribution in [2.24, 2.45) is 0 Å². The molecular formula is C14H8BrFN2O2. The SMILES string of the molecule is Oc1ccc(-c2nc(-c3cccc(Br)c3)no2)c(F)c1. The van der Waals surface area contributed by atoms with Gasteiger partial charge in [-0.2, -0.15) is 4.98 Å². The lowest BCUT2D eigenvalue weighted by molar-refractivity contribution is 0.428. The van der Waals surface area contributed by atoms with E-state index in [9.17, 15) is 9.50 Å². The van der Waals surface area contributed by atoms with E-state index in [1.807, 2.05) is 24.3 Å². The van der Waals surface area contributed by atoms with Crippen LogP contribution in [-0.2, 0) is 0 Å². The Morgan fingerprint density at radius 1 is 1.15 bits per heavy atom. The first kappa shape index (κ1) is 12.8. The van der Waals surface area contributed by atoms with Crippen molar-refractivity contribution in [3.05, 3.63) is 52.8 Å². The summed E-state index contributed by atoms with van der Waals surface area (Å²) in [6.07, 6.45) is 0. The van der Waals surface area contributed by atoms with Crippen molar-refractivity contribution in [3.8, 4) is 28.6 Å². The van der Waals surface area contributed by atoms with Gasteiger partial charge in [-0.1, -0.05) is 33.2 Å². The molecular weight excluding hydrogens is 327 g/mol. The van der Waals surface area contributed by atoms with Crippen molar-refractivity contribution in [2.75, 3.05) is 0 Å².